The maximum Gasteiger partial charge on any atom is 0.256 e. The van der Waals surface area contributed by atoms with E-state index in [1.165, 1.54) is 36.6 Å². The lowest BCUT2D eigenvalue weighted by Gasteiger charge is -2.15. The number of methoxy groups -OCH3 is 1. The van der Waals surface area contributed by atoms with E-state index < -0.39 is 15.7 Å². The average Bonchev–Trinajstić information content (AvgIpc) is 3.33. The number of fused-ring (bicyclic) bond motifs is 1. The van der Waals surface area contributed by atoms with Gasteiger partial charge in [0.15, 0.2) is 9.84 Å². The van der Waals surface area contributed by atoms with Crippen LogP contribution in [0, 0.1) is 0 Å². The number of hydrogen-bond acceptors (Lipinski definition) is 6. The molecule has 186 valence electrons. The van der Waals surface area contributed by atoms with Crippen LogP contribution in [-0.2, 0) is 9.84 Å². The van der Waals surface area contributed by atoms with E-state index in [4.69, 9.17) is 16.3 Å². The highest BCUT2D eigenvalue weighted by Crippen LogP contribution is 2.37. The van der Waals surface area contributed by atoms with Gasteiger partial charge in [0, 0.05) is 28.6 Å². The van der Waals surface area contributed by atoms with Crippen LogP contribution in [0.4, 0.5) is 5.69 Å². The number of amides is 1. The van der Waals surface area contributed by atoms with Crippen molar-refractivity contribution < 1.29 is 17.9 Å². The Bertz CT molecular complexity index is 1730. The number of hydrogen-bond donors (Lipinski definition) is 1. The van der Waals surface area contributed by atoms with Crippen LogP contribution in [0.5, 0.6) is 5.75 Å². The second kappa shape index (κ2) is 9.97. The summed E-state index contributed by atoms with van der Waals surface area (Å²) >= 11 is 8.01. The van der Waals surface area contributed by atoms with E-state index in [-0.39, 0.29) is 4.90 Å². The number of para-hydroxylation sites is 2. The van der Waals surface area contributed by atoms with Crippen molar-refractivity contribution in [2.75, 3.05) is 18.7 Å². The van der Waals surface area contributed by atoms with Crippen molar-refractivity contribution in [1.29, 1.82) is 0 Å². The van der Waals surface area contributed by atoms with Gasteiger partial charge in [-0.15, -0.1) is 11.3 Å². The number of rotatable bonds is 6. The monoisotopic (exact) mass is 548 g/mol. The van der Waals surface area contributed by atoms with E-state index in [2.05, 4.69) is 10.3 Å². The van der Waals surface area contributed by atoms with E-state index in [9.17, 15) is 13.2 Å². The number of ether oxygens (including phenoxy) is 1. The Morgan fingerprint density at radius 1 is 0.919 bits per heavy atom. The first-order valence-electron chi connectivity index (χ1n) is 11.2. The van der Waals surface area contributed by atoms with Crippen LogP contribution in [-0.4, -0.2) is 32.7 Å². The average molecular weight is 549 g/mol. The molecule has 5 rings (SSSR count). The van der Waals surface area contributed by atoms with E-state index in [0.717, 1.165) is 21.5 Å². The Balaban J connectivity index is 1.55. The molecule has 1 N–H and O–H groups in total. The van der Waals surface area contributed by atoms with Crippen molar-refractivity contribution in [2.45, 2.75) is 4.90 Å². The van der Waals surface area contributed by atoms with E-state index in [1.807, 2.05) is 24.3 Å². The first-order valence-corrected chi connectivity index (χ1v) is 14.3. The SMILES string of the molecule is COc1ccccc1-c1cc(S(C)(=O)=O)ccc1C(=O)Nc1ccc(Cl)c(-c2nc3ccccc3s2)c1. The van der Waals surface area contributed by atoms with Gasteiger partial charge in [0.05, 0.1) is 27.2 Å². The molecule has 0 saturated heterocycles. The third kappa shape index (κ3) is 5.09. The van der Waals surface area contributed by atoms with Gasteiger partial charge < -0.3 is 10.1 Å². The molecule has 0 unspecified atom stereocenters. The molecule has 6 nitrogen and oxygen atoms in total. The molecule has 37 heavy (non-hydrogen) atoms. The van der Waals surface area contributed by atoms with Crippen LogP contribution < -0.4 is 10.1 Å². The van der Waals surface area contributed by atoms with Crippen LogP contribution >= 0.6 is 22.9 Å². The molecule has 0 bridgehead atoms. The predicted octanol–water partition coefficient (Wildman–Crippen LogP) is 6.95. The predicted molar refractivity (Wildman–Crippen MR) is 150 cm³/mol. The molecule has 9 heteroatoms. The molecule has 5 aromatic rings. The van der Waals surface area contributed by atoms with Crippen LogP contribution in [0.25, 0.3) is 31.9 Å². The first-order chi connectivity index (χ1) is 17.7. The highest BCUT2D eigenvalue weighted by molar-refractivity contribution is 7.90. The van der Waals surface area contributed by atoms with Gasteiger partial charge in [0.2, 0.25) is 0 Å². The molecular formula is C28H21ClN2O4S2. The van der Waals surface area contributed by atoms with E-state index in [1.54, 1.807) is 42.5 Å². The number of sulfone groups is 1. The fourth-order valence-electron chi connectivity index (χ4n) is 3.99. The second-order valence-corrected chi connectivity index (χ2v) is 11.8. The third-order valence-electron chi connectivity index (χ3n) is 5.81. The maximum absolute atomic E-state index is 13.5. The number of nitrogens with one attached hydrogen (secondary N) is 1. The zero-order chi connectivity index (χ0) is 26.2. The summed E-state index contributed by atoms with van der Waals surface area (Å²) in [7, 11) is -1.98. The normalized spacial score (nSPS) is 11.4. The summed E-state index contributed by atoms with van der Waals surface area (Å²) in [5, 5.41) is 4.19. The number of aromatic nitrogens is 1. The zero-order valence-corrected chi connectivity index (χ0v) is 22.2. The minimum absolute atomic E-state index is 0.106. The third-order valence-corrected chi connectivity index (χ3v) is 8.32. The molecule has 0 saturated carbocycles. The highest BCUT2D eigenvalue weighted by atomic mass is 35.5. The molecule has 1 amide bonds. The van der Waals surface area contributed by atoms with Gasteiger partial charge in [-0.3, -0.25) is 4.79 Å². The van der Waals surface area contributed by atoms with Gasteiger partial charge in [-0.05, 0) is 60.2 Å². The van der Waals surface area contributed by atoms with Crippen molar-refractivity contribution in [3.63, 3.8) is 0 Å². The minimum Gasteiger partial charge on any atom is -0.496 e. The summed E-state index contributed by atoms with van der Waals surface area (Å²) in [6.45, 7) is 0. The van der Waals surface area contributed by atoms with Gasteiger partial charge in [0.1, 0.15) is 10.8 Å². The fourth-order valence-corrected chi connectivity index (χ4v) is 5.90. The van der Waals surface area contributed by atoms with E-state index >= 15 is 0 Å². The van der Waals surface area contributed by atoms with Crippen LogP contribution in [0.1, 0.15) is 10.4 Å². The molecule has 4 aromatic carbocycles. The molecule has 0 radical (unpaired) electrons. The van der Waals surface area contributed by atoms with Gasteiger partial charge in [-0.25, -0.2) is 13.4 Å². The van der Waals surface area contributed by atoms with Gasteiger partial charge >= 0.3 is 0 Å². The zero-order valence-electron chi connectivity index (χ0n) is 19.9. The highest BCUT2D eigenvalue weighted by Gasteiger charge is 2.20. The van der Waals surface area contributed by atoms with Crippen LogP contribution in [0.3, 0.4) is 0 Å². The van der Waals surface area contributed by atoms with Gasteiger partial charge in [0.25, 0.3) is 5.91 Å². The van der Waals surface area contributed by atoms with E-state index in [0.29, 0.717) is 38.7 Å². The summed E-state index contributed by atoms with van der Waals surface area (Å²) in [4.78, 5) is 18.3. The number of carbonyl (C=O) groups is 1. The fraction of sp³-hybridized carbons (Fsp3) is 0.0714. The van der Waals surface area contributed by atoms with Crippen LogP contribution in [0.2, 0.25) is 5.02 Å². The molecule has 0 fully saturated rings. The van der Waals surface area contributed by atoms with Crippen molar-refractivity contribution in [1.82, 2.24) is 4.98 Å². The molecule has 0 aliphatic carbocycles. The quantitative estimate of drug-likeness (QED) is 0.248. The summed E-state index contributed by atoms with van der Waals surface area (Å²) in [5.41, 5.74) is 3.46. The smallest absolute Gasteiger partial charge is 0.256 e. The topological polar surface area (TPSA) is 85.4 Å². The van der Waals surface area contributed by atoms with Crippen molar-refractivity contribution in [3.8, 4) is 27.4 Å². The Hall–Kier alpha value is -3.72. The second-order valence-electron chi connectivity index (χ2n) is 8.32. The molecular weight excluding hydrogens is 528 g/mol. The lowest BCUT2D eigenvalue weighted by atomic mass is 9.98. The van der Waals surface area contributed by atoms with Gasteiger partial charge in [-0.2, -0.15) is 0 Å². The molecule has 0 aliphatic heterocycles. The number of benzene rings is 4. The largest absolute Gasteiger partial charge is 0.496 e. The molecule has 1 aromatic heterocycles. The lowest BCUT2D eigenvalue weighted by molar-refractivity contribution is 0.102. The molecule has 1 heterocycles. The summed E-state index contributed by atoms with van der Waals surface area (Å²) in [6, 6.07) is 24.6. The first kappa shape index (κ1) is 25.0. The van der Waals surface area contributed by atoms with Crippen molar-refractivity contribution >= 4 is 54.6 Å². The Morgan fingerprint density at radius 3 is 2.43 bits per heavy atom. The number of carbonyl (C=O) groups excluding carboxylic acids is 1. The van der Waals surface area contributed by atoms with Crippen LogP contribution in [0.15, 0.2) is 89.8 Å². The Labute approximate surface area is 223 Å². The molecule has 0 atom stereocenters. The van der Waals surface area contributed by atoms with Gasteiger partial charge in [-0.1, -0.05) is 41.9 Å². The standard InChI is InChI=1S/C28H21ClN2O4S2/c1-35-25-9-5-3-7-19(25)21-16-18(37(2,33)34)12-13-20(21)27(32)30-17-11-14-23(29)22(15-17)28-31-24-8-4-6-10-26(24)36-28/h3-16H,1-2H3,(H,30,32). The Kier molecular flexibility index (Phi) is 6.72. The van der Waals surface area contributed by atoms with Crippen molar-refractivity contribution in [3.05, 3.63) is 95.5 Å². The van der Waals surface area contributed by atoms with Crippen molar-refractivity contribution in [2.24, 2.45) is 0 Å². The number of nitrogens with zero attached hydrogens (tertiary/aromatic N) is 1. The summed E-state index contributed by atoms with van der Waals surface area (Å²) in [5.74, 6) is 0.116. The number of halogens is 1. The Morgan fingerprint density at radius 2 is 1.68 bits per heavy atom. The maximum atomic E-state index is 13.5. The lowest BCUT2D eigenvalue weighted by Crippen LogP contribution is -2.14. The molecule has 0 spiro atoms. The summed E-state index contributed by atoms with van der Waals surface area (Å²) in [6.07, 6.45) is 1.13. The summed E-state index contributed by atoms with van der Waals surface area (Å²) < 4.78 is 31.0. The number of thiazole rings is 1. The molecule has 0 aliphatic rings. The minimum atomic E-state index is -3.50. The number of anilines is 1.